The van der Waals surface area contributed by atoms with Crippen LogP contribution in [0.4, 0.5) is 5.82 Å². The highest BCUT2D eigenvalue weighted by Crippen LogP contribution is 2.11. The van der Waals surface area contributed by atoms with Crippen LogP contribution in [0.25, 0.3) is 0 Å². The molecule has 0 saturated heterocycles. The molecule has 0 saturated carbocycles. The fraction of sp³-hybridized carbons (Fsp3) is 0.353. The Balaban J connectivity index is 1.97. The standard InChI is InChI=1S/C17H20N4O2/c1-12(2)21(10-15-6-4-14(9-18)5-7-15)11-17(22)19-16-8-13(3)23-20-16/h4-8,12H,10-11H2,1-3H3,(H,19,20,22). The number of carbonyl (C=O) groups is 1. The van der Waals surface area contributed by atoms with Crippen molar-refractivity contribution >= 4 is 11.7 Å². The van der Waals surface area contributed by atoms with Crippen molar-refractivity contribution in [2.45, 2.75) is 33.4 Å². The molecule has 0 aliphatic rings. The Morgan fingerprint density at radius 2 is 2.09 bits per heavy atom. The maximum Gasteiger partial charge on any atom is 0.239 e. The van der Waals surface area contributed by atoms with E-state index in [2.05, 4.69) is 16.5 Å². The van der Waals surface area contributed by atoms with Gasteiger partial charge in [0, 0.05) is 18.7 Å². The number of hydrogen-bond donors (Lipinski definition) is 1. The van der Waals surface area contributed by atoms with Crippen molar-refractivity contribution in [3.63, 3.8) is 0 Å². The number of hydrogen-bond acceptors (Lipinski definition) is 5. The minimum atomic E-state index is -0.138. The van der Waals surface area contributed by atoms with Gasteiger partial charge in [-0.2, -0.15) is 5.26 Å². The molecular weight excluding hydrogens is 292 g/mol. The molecule has 1 N–H and O–H groups in total. The Morgan fingerprint density at radius 3 is 2.61 bits per heavy atom. The summed E-state index contributed by atoms with van der Waals surface area (Å²) in [6.07, 6.45) is 0. The molecule has 0 fully saturated rings. The second kappa shape index (κ2) is 7.56. The van der Waals surface area contributed by atoms with Crippen LogP contribution in [0, 0.1) is 18.3 Å². The third-order valence-electron chi connectivity index (χ3n) is 3.44. The first-order chi connectivity index (χ1) is 11.0. The molecular formula is C17H20N4O2. The quantitative estimate of drug-likeness (QED) is 0.887. The van der Waals surface area contributed by atoms with Gasteiger partial charge in [0.05, 0.1) is 18.2 Å². The molecule has 0 unspecified atom stereocenters. The molecule has 2 rings (SSSR count). The summed E-state index contributed by atoms with van der Waals surface area (Å²) in [6.45, 7) is 6.74. The van der Waals surface area contributed by atoms with Gasteiger partial charge in [-0.05, 0) is 38.5 Å². The van der Waals surface area contributed by atoms with E-state index in [9.17, 15) is 4.79 Å². The zero-order valence-corrected chi connectivity index (χ0v) is 13.5. The summed E-state index contributed by atoms with van der Waals surface area (Å²) in [5, 5.41) is 15.3. The Bertz CT molecular complexity index is 698. The Morgan fingerprint density at radius 1 is 1.39 bits per heavy atom. The average molecular weight is 312 g/mol. The third kappa shape index (κ3) is 4.94. The van der Waals surface area contributed by atoms with Gasteiger partial charge in [0.2, 0.25) is 5.91 Å². The van der Waals surface area contributed by atoms with E-state index in [1.54, 1.807) is 25.1 Å². The van der Waals surface area contributed by atoms with Gasteiger partial charge in [0.15, 0.2) is 5.82 Å². The molecule has 23 heavy (non-hydrogen) atoms. The van der Waals surface area contributed by atoms with E-state index in [1.165, 1.54) is 0 Å². The lowest BCUT2D eigenvalue weighted by Crippen LogP contribution is -2.37. The minimum Gasteiger partial charge on any atom is -0.360 e. The first-order valence-electron chi connectivity index (χ1n) is 7.44. The fourth-order valence-electron chi connectivity index (χ4n) is 2.13. The van der Waals surface area contributed by atoms with Gasteiger partial charge >= 0.3 is 0 Å². The van der Waals surface area contributed by atoms with Crippen molar-refractivity contribution in [3.8, 4) is 6.07 Å². The predicted molar refractivity (Wildman–Crippen MR) is 86.6 cm³/mol. The highest BCUT2D eigenvalue weighted by atomic mass is 16.5. The van der Waals surface area contributed by atoms with E-state index in [0.29, 0.717) is 23.7 Å². The summed E-state index contributed by atoms with van der Waals surface area (Å²) in [6, 6.07) is 11.4. The molecule has 0 atom stereocenters. The Hall–Kier alpha value is -2.65. The maximum atomic E-state index is 12.1. The van der Waals surface area contributed by atoms with Crippen molar-refractivity contribution < 1.29 is 9.32 Å². The second-order valence-corrected chi connectivity index (χ2v) is 5.68. The Kier molecular flexibility index (Phi) is 5.50. The molecule has 2 aromatic rings. The van der Waals surface area contributed by atoms with Crippen molar-refractivity contribution in [3.05, 3.63) is 47.2 Å². The van der Waals surface area contributed by atoms with Gasteiger partial charge in [-0.3, -0.25) is 9.69 Å². The number of aryl methyl sites for hydroxylation is 1. The van der Waals surface area contributed by atoms with Crippen molar-refractivity contribution in [1.29, 1.82) is 5.26 Å². The van der Waals surface area contributed by atoms with Gasteiger partial charge in [0.1, 0.15) is 5.76 Å². The normalized spacial score (nSPS) is 10.8. The first kappa shape index (κ1) is 16.7. The van der Waals surface area contributed by atoms with Crippen LogP contribution in [0.2, 0.25) is 0 Å². The second-order valence-electron chi connectivity index (χ2n) is 5.68. The SMILES string of the molecule is Cc1cc(NC(=O)CN(Cc2ccc(C#N)cc2)C(C)C)no1. The van der Waals surface area contributed by atoms with Crippen molar-refractivity contribution in [1.82, 2.24) is 10.1 Å². The summed E-state index contributed by atoms with van der Waals surface area (Å²) < 4.78 is 4.93. The number of nitrogens with one attached hydrogen (secondary N) is 1. The molecule has 0 spiro atoms. The van der Waals surface area contributed by atoms with Gasteiger partial charge < -0.3 is 9.84 Å². The minimum absolute atomic E-state index is 0.138. The van der Waals surface area contributed by atoms with Crippen LogP contribution < -0.4 is 5.32 Å². The number of anilines is 1. The topological polar surface area (TPSA) is 82.2 Å². The number of carbonyl (C=O) groups excluding carboxylic acids is 1. The highest BCUT2D eigenvalue weighted by molar-refractivity contribution is 5.91. The molecule has 1 heterocycles. The van der Waals surface area contributed by atoms with E-state index in [1.807, 2.05) is 30.9 Å². The lowest BCUT2D eigenvalue weighted by atomic mass is 10.1. The average Bonchev–Trinajstić information content (AvgIpc) is 2.92. The van der Waals surface area contributed by atoms with Crippen LogP contribution in [0.5, 0.6) is 0 Å². The van der Waals surface area contributed by atoms with Gasteiger partial charge in [-0.1, -0.05) is 17.3 Å². The number of nitrogens with zero attached hydrogens (tertiary/aromatic N) is 3. The molecule has 0 aliphatic carbocycles. The van der Waals surface area contributed by atoms with Crippen LogP contribution in [-0.2, 0) is 11.3 Å². The van der Waals surface area contributed by atoms with Crippen molar-refractivity contribution in [2.75, 3.05) is 11.9 Å². The van der Waals surface area contributed by atoms with Crippen LogP contribution in [0.15, 0.2) is 34.9 Å². The number of amides is 1. The monoisotopic (exact) mass is 312 g/mol. The largest absolute Gasteiger partial charge is 0.360 e. The lowest BCUT2D eigenvalue weighted by Gasteiger charge is -2.25. The zero-order chi connectivity index (χ0) is 16.8. The third-order valence-corrected chi connectivity index (χ3v) is 3.44. The molecule has 6 nitrogen and oxygen atoms in total. The molecule has 0 aliphatic heterocycles. The van der Waals surface area contributed by atoms with Crippen molar-refractivity contribution in [2.24, 2.45) is 0 Å². The fourth-order valence-corrected chi connectivity index (χ4v) is 2.13. The summed E-state index contributed by atoms with van der Waals surface area (Å²) in [5.41, 5.74) is 1.69. The lowest BCUT2D eigenvalue weighted by molar-refractivity contribution is -0.117. The molecule has 1 aromatic heterocycles. The summed E-state index contributed by atoms with van der Waals surface area (Å²) in [7, 11) is 0. The van der Waals surface area contributed by atoms with E-state index >= 15 is 0 Å². The smallest absolute Gasteiger partial charge is 0.239 e. The number of rotatable bonds is 6. The van der Waals surface area contributed by atoms with Crippen LogP contribution in [-0.4, -0.2) is 28.6 Å². The van der Waals surface area contributed by atoms with Crippen LogP contribution in [0.3, 0.4) is 0 Å². The first-order valence-corrected chi connectivity index (χ1v) is 7.44. The van der Waals surface area contributed by atoms with E-state index in [-0.39, 0.29) is 18.5 Å². The number of benzene rings is 1. The number of nitriles is 1. The molecule has 6 heteroatoms. The summed E-state index contributed by atoms with van der Waals surface area (Å²) in [5.74, 6) is 0.939. The van der Waals surface area contributed by atoms with Gasteiger partial charge in [0.25, 0.3) is 0 Å². The molecule has 120 valence electrons. The highest BCUT2D eigenvalue weighted by Gasteiger charge is 2.15. The van der Waals surface area contributed by atoms with Crippen LogP contribution >= 0.6 is 0 Å². The summed E-state index contributed by atoms with van der Waals surface area (Å²) >= 11 is 0. The van der Waals surface area contributed by atoms with E-state index < -0.39 is 0 Å². The molecule has 1 amide bonds. The van der Waals surface area contributed by atoms with Gasteiger partial charge in [-0.25, -0.2) is 0 Å². The molecule has 0 bridgehead atoms. The molecule has 0 radical (unpaired) electrons. The van der Waals surface area contributed by atoms with E-state index in [4.69, 9.17) is 9.78 Å². The number of aromatic nitrogens is 1. The van der Waals surface area contributed by atoms with Gasteiger partial charge in [-0.15, -0.1) is 0 Å². The van der Waals surface area contributed by atoms with Crippen LogP contribution in [0.1, 0.15) is 30.7 Å². The predicted octanol–water partition coefficient (Wildman–Crippen LogP) is 2.70. The maximum absolute atomic E-state index is 12.1. The zero-order valence-electron chi connectivity index (χ0n) is 13.5. The molecule has 1 aromatic carbocycles. The summed E-state index contributed by atoms with van der Waals surface area (Å²) in [4.78, 5) is 14.2. The Labute approximate surface area is 135 Å². The van der Waals surface area contributed by atoms with E-state index in [0.717, 1.165) is 5.56 Å².